The van der Waals surface area contributed by atoms with Crippen LogP contribution in [-0.4, -0.2) is 21.6 Å². The molecule has 0 spiro atoms. The van der Waals surface area contributed by atoms with Crippen molar-refractivity contribution in [1.29, 1.82) is 0 Å². The fraction of sp³-hybridized carbons (Fsp3) is 0.227. The van der Waals surface area contributed by atoms with Crippen molar-refractivity contribution in [2.45, 2.75) is 33.1 Å². The molecule has 1 aliphatic carbocycles. The number of rotatable bonds is 4. The Morgan fingerprint density at radius 2 is 1.80 bits per heavy atom. The Bertz CT molecular complexity index is 1170. The molecule has 8 heteroatoms. The van der Waals surface area contributed by atoms with Gasteiger partial charge in [0.2, 0.25) is 5.91 Å². The number of halogens is 2. The van der Waals surface area contributed by atoms with Crippen molar-refractivity contribution in [3.8, 4) is 5.69 Å². The number of nitrogens with zero attached hydrogens (tertiary/aromatic N) is 2. The SMILES string of the molecule is CC(=O)Nc1ccc(C)cc1NC(=O)c1nn(-c2ccc(F)c(F)c2)c2c1CCC2. The van der Waals surface area contributed by atoms with Gasteiger partial charge in [-0.3, -0.25) is 9.59 Å². The molecule has 4 rings (SSSR count). The van der Waals surface area contributed by atoms with Crippen LogP contribution in [-0.2, 0) is 17.6 Å². The third kappa shape index (κ3) is 3.68. The van der Waals surface area contributed by atoms with E-state index in [1.165, 1.54) is 17.7 Å². The highest BCUT2D eigenvalue weighted by atomic mass is 19.2. The summed E-state index contributed by atoms with van der Waals surface area (Å²) in [7, 11) is 0. The minimum atomic E-state index is -0.972. The number of nitrogens with one attached hydrogen (secondary N) is 2. The number of fused-ring (bicyclic) bond motifs is 1. The first-order chi connectivity index (χ1) is 14.3. The van der Waals surface area contributed by atoms with E-state index in [-0.39, 0.29) is 11.6 Å². The molecular formula is C22H20F2N4O2. The largest absolute Gasteiger partial charge is 0.325 e. The quantitative estimate of drug-likeness (QED) is 0.678. The summed E-state index contributed by atoms with van der Waals surface area (Å²) in [4.78, 5) is 24.5. The number of amides is 2. The lowest BCUT2D eigenvalue weighted by Crippen LogP contribution is -2.17. The summed E-state index contributed by atoms with van der Waals surface area (Å²) in [5.41, 5.74) is 4.07. The third-order valence-electron chi connectivity index (χ3n) is 5.03. The minimum absolute atomic E-state index is 0.238. The molecule has 2 N–H and O–H groups in total. The molecule has 2 aromatic carbocycles. The molecule has 0 saturated heterocycles. The van der Waals surface area contributed by atoms with Crippen LogP contribution in [0.5, 0.6) is 0 Å². The Kier molecular flexibility index (Phi) is 5.07. The molecule has 0 bridgehead atoms. The van der Waals surface area contributed by atoms with Crippen molar-refractivity contribution in [1.82, 2.24) is 9.78 Å². The van der Waals surface area contributed by atoms with Gasteiger partial charge in [0, 0.05) is 24.2 Å². The van der Waals surface area contributed by atoms with Gasteiger partial charge in [0.05, 0.1) is 17.1 Å². The second-order valence-electron chi connectivity index (χ2n) is 7.32. The molecule has 1 aromatic heterocycles. The lowest BCUT2D eigenvalue weighted by Gasteiger charge is -2.12. The summed E-state index contributed by atoms with van der Waals surface area (Å²) in [5, 5.41) is 9.93. The van der Waals surface area contributed by atoms with Crippen molar-refractivity contribution >= 4 is 23.2 Å². The van der Waals surface area contributed by atoms with Gasteiger partial charge in [-0.05, 0) is 56.0 Å². The number of carbonyl (C=O) groups excluding carboxylic acids is 2. The molecule has 30 heavy (non-hydrogen) atoms. The van der Waals surface area contributed by atoms with E-state index in [1.807, 2.05) is 13.0 Å². The summed E-state index contributed by atoms with van der Waals surface area (Å²) in [5.74, 6) is -2.59. The molecule has 3 aromatic rings. The number of hydrogen-bond acceptors (Lipinski definition) is 3. The zero-order valence-electron chi connectivity index (χ0n) is 16.6. The third-order valence-corrected chi connectivity index (χ3v) is 5.03. The summed E-state index contributed by atoms with van der Waals surface area (Å²) in [6, 6.07) is 8.85. The van der Waals surface area contributed by atoms with Crippen LogP contribution < -0.4 is 10.6 Å². The standard InChI is InChI=1S/C22H20F2N4O2/c1-12-6-9-18(25-13(2)29)19(10-12)26-22(30)21-15-4-3-5-20(15)28(27-21)14-7-8-16(23)17(24)11-14/h6-11H,3-5H2,1-2H3,(H,25,29)(H,26,30). The predicted molar refractivity (Wildman–Crippen MR) is 109 cm³/mol. The van der Waals surface area contributed by atoms with Gasteiger partial charge < -0.3 is 10.6 Å². The molecular weight excluding hydrogens is 390 g/mol. The van der Waals surface area contributed by atoms with Crippen LogP contribution in [0.15, 0.2) is 36.4 Å². The van der Waals surface area contributed by atoms with Crippen LogP contribution in [0.3, 0.4) is 0 Å². The van der Waals surface area contributed by atoms with Gasteiger partial charge in [0.1, 0.15) is 0 Å². The maximum atomic E-state index is 13.7. The molecule has 0 atom stereocenters. The van der Waals surface area contributed by atoms with Crippen LogP contribution >= 0.6 is 0 Å². The number of benzene rings is 2. The molecule has 2 amide bonds. The van der Waals surface area contributed by atoms with Crippen LogP contribution in [0.25, 0.3) is 5.69 Å². The fourth-order valence-corrected chi connectivity index (χ4v) is 3.69. The fourth-order valence-electron chi connectivity index (χ4n) is 3.69. The molecule has 1 aliphatic rings. The summed E-state index contributed by atoms with van der Waals surface area (Å²) < 4.78 is 28.6. The molecule has 0 unspecified atom stereocenters. The lowest BCUT2D eigenvalue weighted by atomic mass is 10.1. The average molecular weight is 410 g/mol. The summed E-state index contributed by atoms with van der Waals surface area (Å²) in [6.07, 6.45) is 2.21. The zero-order chi connectivity index (χ0) is 21.4. The van der Waals surface area contributed by atoms with Gasteiger partial charge in [-0.2, -0.15) is 5.10 Å². The molecule has 0 fully saturated rings. The van der Waals surface area contributed by atoms with Gasteiger partial charge in [-0.1, -0.05) is 6.07 Å². The molecule has 154 valence electrons. The predicted octanol–water partition coefficient (Wildman–Crippen LogP) is 4.16. The first-order valence-corrected chi connectivity index (χ1v) is 9.59. The van der Waals surface area contributed by atoms with Crippen LogP contribution in [0, 0.1) is 18.6 Å². The highest BCUT2D eigenvalue weighted by Crippen LogP contribution is 2.30. The first-order valence-electron chi connectivity index (χ1n) is 9.59. The van der Waals surface area contributed by atoms with Crippen molar-refractivity contribution < 1.29 is 18.4 Å². The number of anilines is 2. The van der Waals surface area contributed by atoms with Gasteiger partial charge >= 0.3 is 0 Å². The normalized spacial score (nSPS) is 12.5. The lowest BCUT2D eigenvalue weighted by molar-refractivity contribution is -0.114. The number of aryl methyl sites for hydroxylation is 1. The van der Waals surface area contributed by atoms with E-state index < -0.39 is 17.5 Å². The Balaban J connectivity index is 1.70. The average Bonchev–Trinajstić information content (AvgIpc) is 3.28. The molecule has 1 heterocycles. The van der Waals surface area contributed by atoms with Crippen molar-refractivity contribution in [3.63, 3.8) is 0 Å². The van der Waals surface area contributed by atoms with Crippen molar-refractivity contribution in [2.75, 3.05) is 10.6 Å². The zero-order valence-corrected chi connectivity index (χ0v) is 16.6. The highest BCUT2D eigenvalue weighted by molar-refractivity contribution is 6.07. The van der Waals surface area contributed by atoms with Crippen molar-refractivity contribution in [3.05, 3.63) is 70.5 Å². The van der Waals surface area contributed by atoms with E-state index in [0.29, 0.717) is 29.9 Å². The maximum absolute atomic E-state index is 13.7. The number of aromatic nitrogens is 2. The monoisotopic (exact) mass is 410 g/mol. The summed E-state index contributed by atoms with van der Waals surface area (Å²) in [6.45, 7) is 3.27. The van der Waals surface area contributed by atoms with Gasteiger partial charge in [0.25, 0.3) is 5.91 Å². The Morgan fingerprint density at radius 3 is 2.53 bits per heavy atom. The number of hydrogen-bond donors (Lipinski definition) is 2. The van der Waals surface area contributed by atoms with E-state index in [0.717, 1.165) is 35.4 Å². The first kappa shape index (κ1) is 19.8. The van der Waals surface area contributed by atoms with E-state index in [1.54, 1.807) is 12.1 Å². The second kappa shape index (κ2) is 7.70. The van der Waals surface area contributed by atoms with Crippen LogP contribution in [0.2, 0.25) is 0 Å². The minimum Gasteiger partial charge on any atom is -0.325 e. The van der Waals surface area contributed by atoms with Crippen LogP contribution in [0.1, 0.15) is 40.7 Å². The van der Waals surface area contributed by atoms with Gasteiger partial charge in [-0.25, -0.2) is 13.5 Å². The Morgan fingerprint density at radius 1 is 1.00 bits per heavy atom. The van der Waals surface area contributed by atoms with E-state index >= 15 is 0 Å². The Hall–Kier alpha value is -3.55. The highest BCUT2D eigenvalue weighted by Gasteiger charge is 2.27. The molecule has 0 aliphatic heterocycles. The molecule has 0 saturated carbocycles. The smallest absolute Gasteiger partial charge is 0.276 e. The van der Waals surface area contributed by atoms with Gasteiger partial charge in [-0.15, -0.1) is 0 Å². The van der Waals surface area contributed by atoms with E-state index in [4.69, 9.17) is 0 Å². The van der Waals surface area contributed by atoms with Crippen LogP contribution in [0.4, 0.5) is 20.2 Å². The topological polar surface area (TPSA) is 76.0 Å². The molecule has 0 radical (unpaired) electrons. The second-order valence-corrected chi connectivity index (χ2v) is 7.32. The molecule has 6 nitrogen and oxygen atoms in total. The maximum Gasteiger partial charge on any atom is 0.276 e. The van der Waals surface area contributed by atoms with E-state index in [9.17, 15) is 18.4 Å². The van der Waals surface area contributed by atoms with Crippen molar-refractivity contribution in [2.24, 2.45) is 0 Å². The van der Waals surface area contributed by atoms with E-state index in [2.05, 4.69) is 15.7 Å². The Labute approximate surface area is 171 Å². The number of carbonyl (C=O) groups is 2. The summed E-state index contributed by atoms with van der Waals surface area (Å²) >= 11 is 0. The van der Waals surface area contributed by atoms with Gasteiger partial charge in [0.15, 0.2) is 17.3 Å².